The number of benzene rings is 1. The number of nitrogens with one attached hydrogen (secondary N) is 3. The lowest BCUT2D eigenvalue weighted by molar-refractivity contribution is -0.138. The number of aliphatic hydroxyl groups excluding tert-OH is 1. The molecule has 36 heavy (non-hydrogen) atoms. The Bertz CT molecular complexity index is 1260. The van der Waals surface area contributed by atoms with E-state index in [1.807, 2.05) is 18.2 Å². The number of nitrogens with zero attached hydrogens (tertiary/aromatic N) is 1. The zero-order chi connectivity index (χ0) is 25.7. The van der Waals surface area contributed by atoms with Crippen molar-refractivity contribution in [1.29, 1.82) is 0 Å². The van der Waals surface area contributed by atoms with Crippen molar-refractivity contribution in [3.05, 3.63) is 42.6 Å². The molecular weight excluding hydrogens is 464 g/mol. The summed E-state index contributed by atoms with van der Waals surface area (Å²) in [5, 5.41) is 15.7. The first-order valence-electron chi connectivity index (χ1n) is 12.1. The predicted molar refractivity (Wildman–Crippen MR) is 130 cm³/mol. The third kappa shape index (κ3) is 3.67. The maximum atomic E-state index is 13.7. The van der Waals surface area contributed by atoms with Crippen molar-refractivity contribution in [2.24, 2.45) is 11.3 Å². The smallest absolute Gasteiger partial charge is 0.271 e. The second kappa shape index (κ2) is 8.77. The summed E-state index contributed by atoms with van der Waals surface area (Å²) in [4.78, 5) is 56.6. The zero-order valence-corrected chi connectivity index (χ0v) is 20.1. The molecule has 1 unspecified atom stereocenters. The lowest BCUT2D eigenvalue weighted by Gasteiger charge is -2.45. The normalized spacial score (nSPS) is 27.3. The third-order valence-electron chi connectivity index (χ3n) is 7.99. The molecule has 2 atom stereocenters. The van der Waals surface area contributed by atoms with Crippen LogP contribution in [-0.4, -0.2) is 76.9 Å². The van der Waals surface area contributed by atoms with Crippen LogP contribution in [0.2, 0.25) is 0 Å². The lowest BCUT2D eigenvalue weighted by atomic mass is 9.61. The molecule has 10 heteroatoms. The molecule has 4 fully saturated rings. The van der Waals surface area contributed by atoms with Crippen LogP contribution in [0.4, 0.5) is 0 Å². The Morgan fingerprint density at radius 2 is 2.14 bits per heavy atom. The molecule has 3 aliphatic heterocycles. The molecule has 1 saturated carbocycles. The van der Waals surface area contributed by atoms with Gasteiger partial charge in [-0.2, -0.15) is 0 Å². The number of carbonyl (C=O) groups is 4. The van der Waals surface area contributed by atoms with Gasteiger partial charge in [0.05, 0.1) is 13.2 Å². The summed E-state index contributed by atoms with van der Waals surface area (Å²) in [6.07, 6.45) is 3.25. The average molecular weight is 495 g/mol. The molecule has 3 saturated heterocycles. The van der Waals surface area contributed by atoms with Crippen molar-refractivity contribution in [1.82, 2.24) is 20.5 Å². The van der Waals surface area contributed by atoms with E-state index in [2.05, 4.69) is 22.2 Å². The van der Waals surface area contributed by atoms with Crippen molar-refractivity contribution in [2.75, 3.05) is 26.8 Å². The van der Waals surface area contributed by atoms with Crippen molar-refractivity contribution in [2.45, 2.75) is 37.3 Å². The number of carbonyl (C=O) groups excluding carboxylic acids is 4. The van der Waals surface area contributed by atoms with Crippen LogP contribution in [0.25, 0.3) is 10.9 Å². The van der Waals surface area contributed by atoms with Crippen LogP contribution < -0.4 is 15.4 Å². The van der Waals surface area contributed by atoms with Crippen LogP contribution in [0, 0.1) is 11.3 Å². The van der Waals surface area contributed by atoms with E-state index < -0.39 is 35.8 Å². The number of hydrogen-bond acceptors (Lipinski definition) is 6. The number of fused-ring (bicyclic) bond motifs is 2. The molecule has 0 spiro atoms. The van der Waals surface area contributed by atoms with Crippen molar-refractivity contribution in [3.8, 4) is 5.75 Å². The third-order valence-corrected chi connectivity index (χ3v) is 7.99. The number of aliphatic hydroxyl groups is 1. The van der Waals surface area contributed by atoms with E-state index in [-0.39, 0.29) is 23.7 Å². The van der Waals surface area contributed by atoms with E-state index in [4.69, 9.17) is 4.74 Å². The van der Waals surface area contributed by atoms with E-state index in [0.29, 0.717) is 43.8 Å². The molecule has 4 N–H and O–H groups in total. The van der Waals surface area contributed by atoms with Gasteiger partial charge >= 0.3 is 0 Å². The van der Waals surface area contributed by atoms with E-state index in [1.54, 1.807) is 24.2 Å². The Balaban J connectivity index is 1.41. The predicted octanol–water partition coefficient (Wildman–Crippen LogP) is 0.910. The highest BCUT2D eigenvalue weighted by Gasteiger charge is 2.69. The monoisotopic (exact) mass is 494 g/mol. The maximum Gasteiger partial charge on any atom is 0.271 e. The fourth-order valence-electron chi connectivity index (χ4n) is 6.03. The number of aromatic amines is 1. The van der Waals surface area contributed by atoms with Gasteiger partial charge in [-0.3, -0.25) is 19.2 Å². The highest BCUT2D eigenvalue weighted by Crippen LogP contribution is 2.60. The molecule has 190 valence electrons. The summed E-state index contributed by atoms with van der Waals surface area (Å²) in [7, 11) is 1.56. The van der Waals surface area contributed by atoms with Gasteiger partial charge in [0, 0.05) is 35.3 Å². The van der Waals surface area contributed by atoms with Crippen molar-refractivity contribution < 1.29 is 29.0 Å². The van der Waals surface area contributed by atoms with Crippen molar-refractivity contribution in [3.63, 3.8) is 0 Å². The molecule has 3 amide bonds. The topological polar surface area (TPSA) is 141 Å². The Morgan fingerprint density at radius 3 is 2.78 bits per heavy atom. The summed E-state index contributed by atoms with van der Waals surface area (Å²) >= 11 is 0. The van der Waals surface area contributed by atoms with Gasteiger partial charge in [0.25, 0.3) is 5.91 Å². The zero-order valence-electron chi connectivity index (χ0n) is 20.1. The van der Waals surface area contributed by atoms with Gasteiger partial charge in [-0.25, -0.2) is 0 Å². The molecule has 2 bridgehead atoms. The van der Waals surface area contributed by atoms with E-state index in [0.717, 1.165) is 10.9 Å². The molecule has 1 aliphatic carbocycles. The number of ketones is 1. The first-order chi connectivity index (χ1) is 17.3. The number of aromatic nitrogens is 1. The quantitative estimate of drug-likeness (QED) is 0.382. The molecule has 6 rings (SSSR count). The van der Waals surface area contributed by atoms with Gasteiger partial charge in [-0.1, -0.05) is 12.1 Å². The molecule has 2 aromatic rings. The summed E-state index contributed by atoms with van der Waals surface area (Å²) in [6, 6.07) is 6.18. The van der Waals surface area contributed by atoms with Gasteiger partial charge in [0.2, 0.25) is 11.8 Å². The number of H-pyrrole nitrogens is 1. The number of amides is 3. The van der Waals surface area contributed by atoms with E-state index >= 15 is 0 Å². The fourth-order valence-corrected chi connectivity index (χ4v) is 6.03. The molecule has 4 heterocycles. The first-order valence-corrected chi connectivity index (χ1v) is 12.1. The molecule has 0 radical (unpaired) electrons. The van der Waals surface area contributed by atoms with Gasteiger partial charge in [-0.15, -0.1) is 6.58 Å². The highest BCUT2D eigenvalue weighted by molar-refractivity contribution is 6.04. The summed E-state index contributed by atoms with van der Waals surface area (Å²) in [6.45, 7) is 4.02. The highest BCUT2D eigenvalue weighted by atomic mass is 16.5. The van der Waals surface area contributed by atoms with Gasteiger partial charge in [0.15, 0.2) is 5.78 Å². The Morgan fingerprint density at radius 1 is 1.36 bits per heavy atom. The number of Topliss-reactive ketones (excluding diaryl/α,β-unsaturated/α-hetero) is 1. The SMILES string of the molecule is C=CC12CN(C(=O)c3cc4c(OC)cccc4[nH]3)C(C(=O)NC(C[C@@H]3CCNC3=O)C(=O)CO)(C1)C2. The number of methoxy groups -OCH3 is 1. The molecule has 10 nitrogen and oxygen atoms in total. The maximum absolute atomic E-state index is 13.7. The Labute approximate surface area is 208 Å². The van der Waals surface area contributed by atoms with Crippen LogP contribution in [0.1, 0.15) is 36.2 Å². The number of ether oxygens (including phenoxy) is 1. The largest absolute Gasteiger partial charge is 0.496 e. The summed E-state index contributed by atoms with van der Waals surface area (Å²) in [5.74, 6) is -1.30. The number of hydrogen-bond donors (Lipinski definition) is 4. The van der Waals surface area contributed by atoms with Crippen LogP contribution in [0.15, 0.2) is 36.9 Å². The summed E-state index contributed by atoms with van der Waals surface area (Å²) in [5.41, 5.74) is -0.444. The minimum Gasteiger partial charge on any atom is -0.496 e. The molecular formula is C26H30N4O6. The summed E-state index contributed by atoms with van der Waals surface area (Å²) < 4.78 is 5.40. The minimum absolute atomic E-state index is 0.107. The fraction of sp³-hybridized carbons (Fsp3) is 0.462. The second-order valence-electron chi connectivity index (χ2n) is 10.1. The standard InChI is InChI=1S/C26H30N4O6/c1-3-25-12-26(13-25,24(35)29-18(20(32)11-31)9-15-7-8-27-22(15)33)30(14-25)23(34)19-10-16-17(28-19)5-4-6-21(16)36-2/h3-6,10,15,18,28,31H,1,7-9,11-14H2,2H3,(H,27,33)(H,29,35)/t15-,18?,25?,26?/m0/s1. The van der Waals surface area contributed by atoms with Gasteiger partial charge in [0.1, 0.15) is 23.6 Å². The minimum atomic E-state index is -1.14. The number of rotatable bonds is 9. The lowest BCUT2D eigenvalue weighted by Crippen LogP contribution is -2.63. The molecule has 1 aromatic carbocycles. The van der Waals surface area contributed by atoms with Crippen LogP contribution in [-0.2, 0) is 14.4 Å². The van der Waals surface area contributed by atoms with Crippen LogP contribution in [0.5, 0.6) is 5.75 Å². The average Bonchev–Trinajstić information content (AvgIpc) is 3.63. The Kier molecular flexibility index (Phi) is 5.86. The van der Waals surface area contributed by atoms with Crippen LogP contribution in [0.3, 0.4) is 0 Å². The van der Waals surface area contributed by atoms with Crippen LogP contribution >= 0.6 is 0 Å². The first kappa shape index (κ1) is 24.1. The Hall–Kier alpha value is -3.66. The van der Waals surface area contributed by atoms with Crippen molar-refractivity contribution >= 4 is 34.4 Å². The molecule has 4 aliphatic rings. The second-order valence-corrected chi connectivity index (χ2v) is 10.1. The molecule has 1 aromatic heterocycles. The van der Waals surface area contributed by atoms with E-state index in [9.17, 15) is 24.3 Å². The van der Waals surface area contributed by atoms with Gasteiger partial charge < -0.3 is 30.4 Å². The van der Waals surface area contributed by atoms with E-state index in [1.165, 1.54) is 0 Å². The van der Waals surface area contributed by atoms with Gasteiger partial charge in [-0.05, 0) is 43.9 Å².